The van der Waals surface area contributed by atoms with Gasteiger partial charge in [-0.15, -0.1) is 11.3 Å². The molecule has 3 rings (SSSR count). The number of hydrogen-bond donors (Lipinski definition) is 3. The number of fused-ring (bicyclic) bond motifs is 1. The van der Waals surface area contributed by atoms with Crippen molar-refractivity contribution in [3.05, 3.63) is 59.5 Å². The van der Waals surface area contributed by atoms with Crippen LogP contribution in [0.5, 0.6) is 0 Å². The molecule has 0 saturated carbocycles. The highest BCUT2D eigenvalue weighted by Crippen LogP contribution is 2.26. The number of anilines is 2. The predicted molar refractivity (Wildman–Crippen MR) is 89.4 cm³/mol. The van der Waals surface area contributed by atoms with Gasteiger partial charge in [0, 0.05) is 16.1 Å². The van der Waals surface area contributed by atoms with Gasteiger partial charge in [-0.1, -0.05) is 24.3 Å². The fraction of sp³-hybridized carbons (Fsp3) is 0. The molecular formula is C16H13N3O2S. The van der Waals surface area contributed by atoms with Gasteiger partial charge < -0.3 is 16.4 Å². The molecule has 3 aromatic rings. The zero-order valence-corrected chi connectivity index (χ0v) is 12.3. The first kappa shape index (κ1) is 14.1. The van der Waals surface area contributed by atoms with E-state index in [4.69, 9.17) is 5.73 Å². The molecule has 3 amide bonds. The largest absolute Gasteiger partial charge is 0.351 e. The molecule has 5 nitrogen and oxygen atoms in total. The number of amides is 3. The molecule has 0 aliphatic carbocycles. The molecule has 6 heteroatoms. The Bertz CT molecular complexity index is 824. The van der Waals surface area contributed by atoms with Crippen LogP contribution in [0.2, 0.25) is 0 Å². The van der Waals surface area contributed by atoms with Crippen LogP contribution in [0.4, 0.5) is 16.2 Å². The molecule has 0 atom stereocenters. The van der Waals surface area contributed by atoms with Gasteiger partial charge in [0.25, 0.3) is 5.91 Å². The maximum atomic E-state index is 12.3. The molecule has 0 aliphatic rings. The second-order valence-corrected chi connectivity index (χ2v) is 5.76. The van der Waals surface area contributed by atoms with E-state index < -0.39 is 6.03 Å². The third kappa shape index (κ3) is 3.07. The fourth-order valence-corrected chi connectivity index (χ4v) is 3.06. The third-order valence-corrected chi connectivity index (χ3v) is 4.15. The van der Waals surface area contributed by atoms with E-state index in [2.05, 4.69) is 10.6 Å². The lowest BCUT2D eigenvalue weighted by Gasteiger charge is -2.06. The van der Waals surface area contributed by atoms with Gasteiger partial charge in [-0.05, 0) is 35.7 Å². The van der Waals surface area contributed by atoms with Crippen LogP contribution in [-0.2, 0) is 0 Å². The van der Waals surface area contributed by atoms with Gasteiger partial charge in [0.15, 0.2) is 0 Å². The monoisotopic (exact) mass is 311 g/mol. The Kier molecular flexibility index (Phi) is 3.76. The fourth-order valence-electron chi connectivity index (χ4n) is 2.10. The van der Waals surface area contributed by atoms with Crippen molar-refractivity contribution >= 4 is 44.7 Å². The molecule has 22 heavy (non-hydrogen) atoms. The van der Waals surface area contributed by atoms with E-state index in [1.807, 2.05) is 30.3 Å². The minimum Gasteiger partial charge on any atom is -0.351 e. The maximum Gasteiger partial charge on any atom is 0.316 e. The zero-order chi connectivity index (χ0) is 15.5. The Morgan fingerprint density at radius 3 is 2.36 bits per heavy atom. The first-order chi connectivity index (χ1) is 10.6. The highest BCUT2D eigenvalue weighted by atomic mass is 32.1. The van der Waals surface area contributed by atoms with E-state index in [1.165, 1.54) is 11.3 Å². The molecule has 0 unspecified atom stereocenters. The number of carbonyl (C=O) groups is 2. The van der Waals surface area contributed by atoms with Crippen LogP contribution in [0.3, 0.4) is 0 Å². The number of urea groups is 1. The van der Waals surface area contributed by atoms with E-state index in [0.29, 0.717) is 16.3 Å². The van der Waals surface area contributed by atoms with Gasteiger partial charge in [0.1, 0.15) is 0 Å². The molecule has 1 heterocycles. The molecule has 0 aliphatic heterocycles. The average molecular weight is 311 g/mol. The van der Waals surface area contributed by atoms with Crippen molar-refractivity contribution in [2.75, 3.05) is 10.6 Å². The summed E-state index contributed by atoms with van der Waals surface area (Å²) in [4.78, 5) is 23.8. The number of nitrogens with two attached hydrogens (primary N) is 1. The summed E-state index contributed by atoms with van der Waals surface area (Å²) in [5, 5.41) is 6.33. The van der Waals surface area contributed by atoms with Crippen molar-refractivity contribution in [1.82, 2.24) is 0 Å². The summed E-state index contributed by atoms with van der Waals surface area (Å²) >= 11 is 1.44. The van der Waals surface area contributed by atoms with Crippen molar-refractivity contribution in [2.45, 2.75) is 0 Å². The summed E-state index contributed by atoms with van der Waals surface area (Å²) in [7, 11) is 0. The second-order valence-electron chi connectivity index (χ2n) is 4.67. The Balaban J connectivity index is 1.80. The Labute approximate surface area is 130 Å². The summed E-state index contributed by atoms with van der Waals surface area (Å²) in [6.45, 7) is 0. The lowest BCUT2D eigenvalue weighted by atomic mass is 10.2. The quantitative estimate of drug-likeness (QED) is 0.690. The number of carbonyl (C=O) groups excluding carboxylic acids is 2. The van der Waals surface area contributed by atoms with Crippen LogP contribution in [0.1, 0.15) is 9.67 Å². The van der Waals surface area contributed by atoms with Crippen molar-refractivity contribution in [1.29, 1.82) is 0 Å². The summed E-state index contributed by atoms with van der Waals surface area (Å²) in [5.74, 6) is -0.183. The summed E-state index contributed by atoms with van der Waals surface area (Å²) < 4.78 is 1.07. The number of hydrogen-bond acceptors (Lipinski definition) is 3. The van der Waals surface area contributed by atoms with Gasteiger partial charge in [0.2, 0.25) is 0 Å². The number of benzene rings is 2. The summed E-state index contributed by atoms with van der Waals surface area (Å²) in [6, 6.07) is 15.9. The Morgan fingerprint density at radius 1 is 0.909 bits per heavy atom. The van der Waals surface area contributed by atoms with E-state index in [-0.39, 0.29) is 5.91 Å². The Hall–Kier alpha value is -2.86. The lowest BCUT2D eigenvalue weighted by Crippen LogP contribution is -2.19. The van der Waals surface area contributed by atoms with Crippen LogP contribution in [0.25, 0.3) is 10.1 Å². The number of nitrogens with one attached hydrogen (secondary N) is 2. The highest BCUT2D eigenvalue weighted by Gasteiger charge is 2.10. The van der Waals surface area contributed by atoms with Crippen LogP contribution < -0.4 is 16.4 Å². The lowest BCUT2D eigenvalue weighted by molar-refractivity contribution is 0.103. The van der Waals surface area contributed by atoms with Gasteiger partial charge in [-0.3, -0.25) is 4.79 Å². The predicted octanol–water partition coefficient (Wildman–Crippen LogP) is 3.64. The van der Waals surface area contributed by atoms with Crippen LogP contribution in [-0.4, -0.2) is 11.9 Å². The Morgan fingerprint density at radius 2 is 1.64 bits per heavy atom. The molecule has 0 radical (unpaired) electrons. The number of thiophene rings is 1. The molecular weight excluding hydrogens is 298 g/mol. The van der Waals surface area contributed by atoms with Crippen molar-refractivity contribution < 1.29 is 9.59 Å². The van der Waals surface area contributed by atoms with Gasteiger partial charge in [-0.2, -0.15) is 0 Å². The van der Waals surface area contributed by atoms with Crippen LogP contribution in [0.15, 0.2) is 54.6 Å². The molecule has 4 N–H and O–H groups in total. The summed E-state index contributed by atoms with van der Waals surface area (Å²) in [5.41, 5.74) is 6.19. The van der Waals surface area contributed by atoms with Crippen LogP contribution >= 0.6 is 11.3 Å². The minimum atomic E-state index is -0.645. The standard InChI is InChI=1S/C16H13N3O2S/c17-16(21)19-12-6-3-5-11(9-12)18-15(20)14-8-10-4-1-2-7-13(10)22-14/h1-9H,(H,18,20)(H3,17,19,21). The normalized spacial score (nSPS) is 10.4. The molecule has 2 aromatic carbocycles. The van der Waals surface area contributed by atoms with E-state index in [1.54, 1.807) is 24.3 Å². The average Bonchev–Trinajstić information content (AvgIpc) is 2.91. The summed E-state index contributed by atoms with van der Waals surface area (Å²) in [6.07, 6.45) is 0. The highest BCUT2D eigenvalue weighted by molar-refractivity contribution is 7.20. The van der Waals surface area contributed by atoms with Gasteiger partial charge >= 0.3 is 6.03 Å². The molecule has 0 spiro atoms. The topological polar surface area (TPSA) is 84.2 Å². The molecule has 0 saturated heterocycles. The SMILES string of the molecule is NC(=O)Nc1cccc(NC(=O)c2cc3ccccc3s2)c1. The van der Waals surface area contributed by atoms with Crippen LogP contribution in [0, 0.1) is 0 Å². The van der Waals surface area contributed by atoms with E-state index >= 15 is 0 Å². The van der Waals surface area contributed by atoms with E-state index in [0.717, 1.165) is 10.1 Å². The van der Waals surface area contributed by atoms with Gasteiger partial charge in [-0.25, -0.2) is 4.79 Å². The van der Waals surface area contributed by atoms with Crippen molar-refractivity contribution in [3.63, 3.8) is 0 Å². The second kappa shape index (κ2) is 5.87. The van der Waals surface area contributed by atoms with E-state index in [9.17, 15) is 9.59 Å². The first-order valence-corrected chi connectivity index (χ1v) is 7.40. The first-order valence-electron chi connectivity index (χ1n) is 6.58. The molecule has 1 aromatic heterocycles. The number of primary amides is 1. The van der Waals surface area contributed by atoms with Crippen molar-refractivity contribution in [2.24, 2.45) is 5.73 Å². The molecule has 110 valence electrons. The minimum absolute atomic E-state index is 0.183. The van der Waals surface area contributed by atoms with Crippen molar-refractivity contribution in [3.8, 4) is 0 Å². The molecule has 0 bridgehead atoms. The number of rotatable bonds is 3. The maximum absolute atomic E-state index is 12.3. The smallest absolute Gasteiger partial charge is 0.316 e. The van der Waals surface area contributed by atoms with Gasteiger partial charge in [0.05, 0.1) is 4.88 Å². The third-order valence-electron chi connectivity index (χ3n) is 3.04. The molecule has 0 fully saturated rings. The zero-order valence-electron chi connectivity index (χ0n) is 11.5.